The molecule has 1 atom stereocenters. The fourth-order valence-electron chi connectivity index (χ4n) is 3.62. The third-order valence-electron chi connectivity index (χ3n) is 5.80. The van der Waals surface area contributed by atoms with Gasteiger partial charge < -0.3 is 9.52 Å². The first kappa shape index (κ1) is 28.2. The lowest BCUT2D eigenvalue weighted by Gasteiger charge is -2.31. The molecule has 0 aliphatic rings. The van der Waals surface area contributed by atoms with Crippen LogP contribution in [0.5, 0.6) is 0 Å². The minimum absolute atomic E-state index is 0.258. The molecule has 0 fully saturated rings. The highest BCUT2D eigenvalue weighted by molar-refractivity contribution is 7.99. The predicted octanol–water partition coefficient (Wildman–Crippen LogP) is 7.00. The Morgan fingerprint density at radius 3 is 2.24 bits per heavy atom. The highest BCUT2D eigenvalue weighted by Gasteiger charge is 2.55. The first-order chi connectivity index (χ1) is 17.4. The molecule has 0 aliphatic heterocycles. The summed E-state index contributed by atoms with van der Waals surface area (Å²) < 4.78 is 46.9. The summed E-state index contributed by atoms with van der Waals surface area (Å²) in [6.45, 7) is 5.59. The van der Waals surface area contributed by atoms with Gasteiger partial charge in [-0.15, -0.1) is 11.8 Å². The Bertz CT molecular complexity index is 1450. The molecular formula is C29H28F3NO3S. The summed E-state index contributed by atoms with van der Waals surface area (Å²) in [7, 11) is 1.53. The molecule has 194 valence electrons. The van der Waals surface area contributed by atoms with Crippen molar-refractivity contribution in [2.75, 3.05) is 12.8 Å². The Morgan fingerprint density at radius 2 is 1.65 bits per heavy atom. The van der Waals surface area contributed by atoms with Gasteiger partial charge in [0.1, 0.15) is 5.58 Å². The van der Waals surface area contributed by atoms with E-state index in [2.05, 4.69) is 24.0 Å². The third kappa shape index (κ3) is 6.90. The summed E-state index contributed by atoms with van der Waals surface area (Å²) in [6.07, 6.45) is -3.44. The van der Waals surface area contributed by atoms with Crippen molar-refractivity contribution in [1.29, 1.82) is 0 Å². The zero-order chi connectivity index (χ0) is 27.2. The topological polar surface area (TPSA) is 62.8 Å². The van der Waals surface area contributed by atoms with Gasteiger partial charge in [0, 0.05) is 35.4 Å². The molecule has 0 amide bonds. The number of halogens is 3. The lowest BCUT2D eigenvalue weighted by atomic mass is 9.92. The van der Waals surface area contributed by atoms with E-state index in [4.69, 9.17) is 4.42 Å². The monoisotopic (exact) mass is 527 g/mol. The number of rotatable bonds is 5. The molecule has 1 aromatic heterocycles. The van der Waals surface area contributed by atoms with Crippen LogP contribution in [0.3, 0.4) is 0 Å². The molecule has 0 radical (unpaired) electrons. The Hall–Kier alpha value is -3.36. The largest absolute Gasteiger partial charge is 0.423 e. The number of hydrogen-bond donors (Lipinski definition) is 1. The van der Waals surface area contributed by atoms with Crippen LogP contribution in [0.2, 0.25) is 0 Å². The van der Waals surface area contributed by atoms with E-state index in [1.165, 1.54) is 49.2 Å². The fraction of sp³-hybridized carbons (Fsp3) is 0.241. The van der Waals surface area contributed by atoms with Crippen molar-refractivity contribution in [3.05, 3.63) is 111 Å². The zero-order valence-electron chi connectivity index (χ0n) is 21.0. The van der Waals surface area contributed by atoms with Gasteiger partial charge in [-0.05, 0) is 67.3 Å². The highest BCUT2D eigenvalue weighted by Crippen LogP contribution is 2.43. The first-order valence-corrected chi connectivity index (χ1v) is 12.4. The average molecular weight is 528 g/mol. The van der Waals surface area contributed by atoms with Crippen molar-refractivity contribution < 1.29 is 22.7 Å². The van der Waals surface area contributed by atoms with Crippen LogP contribution >= 0.6 is 11.8 Å². The molecular weight excluding hydrogens is 499 g/mol. The number of alkyl halides is 3. The number of hydrogen-bond acceptors (Lipinski definition) is 5. The van der Waals surface area contributed by atoms with Crippen molar-refractivity contribution in [3.8, 4) is 0 Å². The van der Waals surface area contributed by atoms with Gasteiger partial charge in [0.25, 0.3) is 0 Å². The molecule has 0 aliphatic carbocycles. The SMILES string of the molecule is CN=Cc1cc(C(O)(CSc2ccc3c(C)cc(=O)oc3c2)C(F)(F)F)ccc1C.Cc1ccccc1. The fourth-order valence-corrected chi connectivity index (χ4v) is 4.68. The summed E-state index contributed by atoms with van der Waals surface area (Å²) >= 11 is 0.833. The summed E-state index contributed by atoms with van der Waals surface area (Å²) in [6, 6.07) is 20.6. The maximum Gasteiger partial charge on any atom is 0.422 e. The van der Waals surface area contributed by atoms with Crippen LogP contribution in [-0.4, -0.2) is 30.3 Å². The van der Waals surface area contributed by atoms with Gasteiger partial charge in [-0.1, -0.05) is 48.0 Å². The molecule has 3 aromatic carbocycles. The summed E-state index contributed by atoms with van der Waals surface area (Å²) in [5, 5.41) is 11.4. The quantitative estimate of drug-likeness (QED) is 0.173. The molecule has 0 spiro atoms. The van der Waals surface area contributed by atoms with Crippen LogP contribution in [-0.2, 0) is 5.60 Å². The molecule has 0 saturated heterocycles. The minimum Gasteiger partial charge on any atom is -0.423 e. The van der Waals surface area contributed by atoms with Crippen molar-refractivity contribution in [2.24, 2.45) is 4.99 Å². The van der Waals surface area contributed by atoms with Crippen molar-refractivity contribution in [2.45, 2.75) is 37.4 Å². The number of nitrogens with zero attached hydrogens (tertiary/aromatic N) is 1. The first-order valence-electron chi connectivity index (χ1n) is 11.5. The van der Waals surface area contributed by atoms with Crippen molar-refractivity contribution in [1.82, 2.24) is 0 Å². The van der Waals surface area contributed by atoms with Crippen LogP contribution in [0.4, 0.5) is 13.2 Å². The molecule has 1 N–H and O–H groups in total. The molecule has 4 rings (SSSR count). The zero-order valence-corrected chi connectivity index (χ0v) is 21.8. The normalized spacial score (nSPS) is 13.3. The molecule has 1 heterocycles. The number of benzene rings is 3. The van der Waals surface area contributed by atoms with Crippen molar-refractivity contribution >= 4 is 28.9 Å². The molecule has 1 unspecified atom stereocenters. The lowest BCUT2D eigenvalue weighted by molar-refractivity contribution is -0.256. The van der Waals surface area contributed by atoms with Gasteiger partial charge in [0.05, 0.1) is 0 Å². The second kappa shape index (κ2) is 11.8. The Labute approximate surface area is 217 Å². The van der Waals surface area contributed by atoms with E-state index < -0.39 is 23.2 Å². The van der Waals surface area contributed by atoms with E-state index in [9.17, 15) is 23.1 Å². The number of aliphatic imine (C=N–C) groups is 1. The smallest absolute Gasteiger partial charge is 0.422 e. The van der Waals surface area contributed by atoms with E-state index in [1.54, 1.807) is 26.0 Å². The molecule has 37 heavy (non-hydrogen) atoms. The van der Waals surface area contributed by atoms with Gasteiger partial charge in [0.15, 0.2) is 5.60 Å². The van der Waals surface area contributed by atoms with Gasteiger partial charge in [-0.2, -0.15) is 13.2 Å². The molecule has 8 heteroatoms. The van der Waals surface area contributed by atoms with Gasteiger partial charge in [0.2, 0.25) is 0 Å². The van der Waals surface area contributed by atoms with E-state index in [1.807, 2.05) is 18.2 Å². The third-order valence-corrected chi connectivity index (χ3v) is 6.95. The molecule has 4 nitrogen and oxygen atoms in total. The second-order valence-electron chi connectivity index (χ2n) is 8.67. The molecule has 4 aromatic rings. The van der Waals surface area contributed by atoms with E-state index in [0.717, 1.165) is 22.9 Å². The predicted molar refractivity (Wildman–Crippen MR) is 144 cm³/mol. The Balaban J connectivity index is 0.000000468. The van der Waals surface area contributed by atoms with Crippen LogP contribution in [0.25, 0.3) is 11.0 Å². The van der Waals surface area contributed by atoms with E-state index in [0.29, 0.717) is 15.8 Å². The summed E-state index contributed by atoms with van der Waals surface area (Å²) in [5.41, 5.74) is -0.268. The number of fused-ring (bicyclic) bond motifs is 1. The Morgan fingerprint density at radius 1 is 0.946 bits per heavy atom. The minimum atomic E-state index is -4.89. The highest BCUT2D eigenvalue weighted by atomic mass is 32.2. The van der Waals surface area contributed by atoms with Gasteiger partial charge in [-0.3, -0.25) is 4.99 Å². The number of aliphatic hydroxyl groups is 1. The second-order valence-corrected chi connectivity index (χ2v) is 9.72. The van der Waals surface area contributed by atoms with E-state index >= 15 is 0 Å². The van der Waals surface area contributed by atoms with Gasteiger partial charge >= 0.3 is 11.8 Å². The van der Waals surface area contributed by atoms with Crippen LogP contribution in [0.1, 0.15) is 27.8 Å². The van der Waals surface area contributed by atoms with Crippen LogP contribution in [0, 0.1) is 20.8 Å². The summed E-state index contributed by atoms with van der Waals surface area (Å²) in [5.74, 6) is -0.663. The molecule has 0 saturated carbocycles. The maximum absolute atomic E-state index is 13.9. The standard InChI is InChI=1S/C22H20F3NO3S.C7H8/c1-13-4-5-16(9-15(13)11-26-3)21(28,22(23,24)25)12-30-17-6-7-18-14(2)8-20(27)29-19(18)10-17;1-7-5-3-2-4-6-7/h4-11,28H,12H2,1-3H3;2-6H,1H3. The summed E-state index contributed by atoms with van der Waals surface area (Å²) in [4.78, 5) is 15.9. The lowest BCUT2D eigenvalue weighted by Crippen LogP contribution is -2.44. The van der Waals surface area contributed by atoms with Crippen LogP contribution in [0.15, 0.2) is 91.9 Å². The number of aryl methyl sites for hydroxylation is 3. The Kier molecular flexibility index (Phi) is 8.99. The number of thioether (sulfide) groups is 1. The molecule has 0 bridgehead atoms. The van der Waals surface area contributed by atoms with Gasteiger partial charge in [-0.25, -0.2) is 4.79 Å². The van der Waals surface area contributed by atoms with Crippen LogP contribution < -0.4 is 5.63 Å². The average Bonchev–Trinajstić information content (AvgIpc) is 2.84. The van der Waals surface area contributed by atoms with Crippen molar-refractivity contribution in [3.63, 3.8) is 0 Å². The van der Waals surface area contributed by atoms with E-state index in [-0.39, 0.29) is 11.1 Å². The maximum atomic E-state index is 13.9.